The van der Waals surface area contributed by atoms with Gasteiger partial charge < -0.3 is 20.0 Å². The summed E-state index contributed by atoms with van der Waals surface area (Å²) in [5.74, 6) is 2.62. The van der Waals surface area contributed by atoms with Crippen LogP contribution < -0.4 is 5.32 Å². The van der Waals surface area contributed by atoms with Crippen molar-refractivity contribution in [3.8, 4) is 0 Å². The van der Waals surface area contributed by atoms with Crippen molar-refractivity contribution >= 4 is 5.96 Å². The predicted molar refractivity (Wildman–Crippen MR) is 94.4 cm³/mol. The number of aliphatic imine (C=N–C) groups is 1. The number of likely N-dealkylation sites (tertiary alicyclic amines) is 1. The summed E-state index contributed by atoms with van der Waals surface area (Å²) >= 11 is 0. The van der Waals surface area contributed by atoms with E-state index in [0.717, 1.165) is 31.5 Å². The van der Waals surface area contributed by atoms with E-state index in [2.05, 4.69) is 45.9 Å². The van der Waals surface area contributed by atoms with Gasteiger partial charge in [0.15, 0.2) is 5.96 Å². The van der Waals surface area contributed by atoms with Gasteiger partial charge in [-0.2, -0.15) is 0 Å². The standard InChI is InChI=1S/C17H35N5/c1-15-5-7-22(8-6-15)17(18-3)19-13-16(2)14-21-11-9-20(4)10-12-21/h15-16H,5-14H2,1-4H3,(H,18,19). The Morgan fingerprint density at radius 3 is 2.36 bits per heavy atom. The number of nitrogens with zero attached hydrogens (tertiary/aromatic N) is 4. The first-order chi connectivity index (χ1) is 10.6. The van der Waals surface area contributed by atoms with E-state index in [0.29, 0.717) is 5.92 Å². The van der Waals surface area contributed by atoms with E-state index < -0.39 is 0 Å². The fraction of sp³-hybridized carbons (Fsp3) is 0.941. The normalized spacial score (nSPS) is 24.5. The number of piperidine rings is 1. The monoisotopic (exact) mass is 309 g/mol. The third-order valence-corrected chi connectivity index (χ3v) is 5.07. The average molecular weight is 310 g/mol. The van der Waals surface area contributed by atoms with Crippen LogP contribution in [0.15, 0.2) is 4.99 Å². The first-order valence-electron chi connectivity index (χ1n) is 8.95. The zero-order valence-corrected chi connectivity index (χ0v) is 15.0. The molecule has 5 nitrogen and oxygen atoms in total. The molecule has 22 heavy (non-hydrogen) atoms. The molecule has 2 fully saturated rings. The summed E-state index contributed by atoms with van der Waals surface area (Å²) in [4.78, 5) is 11.9. The summed E-state index contributed by atoms with van der Waals surface area (Å²) in [6, 6.07) is 0. The van der Waals surface area contributed by atoms with Crippen LogP contribution in [0.25, 0.3) is 0 Å². The van der Waals surface area contributed by atoms with Crippen LogP contribution in [-0.2, 0) is 0 Å². The lowest BCUT2D eigenvalue weighted by molar-refractivity contribution is 0.139. The van der Waals surface area contributed by atoms with Gasteiger partial charge in [0.2, 0.25) is 0 Å². The van der Waals surface area contributed by atoms with Crippen LogP contribution >= 0.6 is 0 Å². The summed E-state index contributed by atoms with van der Waals surface area (Å²) in [5, 5.41) is 3.59. The second-order valence-corrected chi connectivity index (χ2v) is 7.31. The van der Waals surface area contributed by atoms with E-state index in [9.17, 15) is 0 Å². The van der Waals surface area contributed by atoms with Crippen LogP contribution in [0.3, 0.4) is 0 Å². The van der Waals surface area contributed by atoms with Crippen LogP contribution in [-0.4, -0.2) is 87.1 Å². The lowest BCUT2D eigenvalue weighted by Crippen LogP contribution is -2.49. The number of nitrogens with one attached hydrogen (secondary N) is 1. The van der Waals surface area contributed by atoms with E-state index in [1.54, 1.807) is 0 Å². The van der Waals surface area contributed by atoms with Gasteiger partial charge in [0, 0.05) is 59.4 Å². The third-order valence-electron chi connectivity index (χ3n) is 5.07. The van der Waals surface area contributed by atoms with Crippen molar-refractivity contribution in [1.82, 2.24) is 20.0 Å². The topological polar surface area (TPSA) is 34.1 Å². The molecule has 1 N–H and O–H groups in total. The Bertz CT molecular complexity index is 341. The summed E-state index contributed by atoms with van der Waals surface area (Å²) in [5.41, 5.74) is 0. The second kappa shape index (κ2) is 8.73. The van der Waals surface area contributed by atoms with Gasteiger partial charge in [-0.1, -0.05) is 13.8 Å². The molecular formula is C17H35N5. The molecular weight excluding hydrogens is 274 g/mol. The fourth-order valence-corrected chi connectivity index (χ4v) is 3.35. The maximum Gasteiger partial charge on any atom is 0.193 e. The van der Waals surface area contributed by atoms with Gasteiger partial charge in [-0.05, 0) is 31.7 Å². The van der Waals surface area contributed by atoms with Gasteiger partial charge in [-0.3, -0.25) is 4.99 Å². The molecule has 0 aromatic heterocycles. The molecule has 0 bridgehead atoms. The first-order valence-corrected chi connectivity index (χ1v) is 8.95. The van der Waals surface area contributed by atoms with Crippen molar-refractivity contribution in [3.63, 3.8) is 0 Å². The van der Waals surface area contributed by atoms with E-state index >= 15 is 0 Å². The van der Waals surface area contributed by atoms with E-state index in [4.69, 9.17) is 0 Å². The molecule has 5 heteroatoms. The molecule has 0 aromatic carbocycles. The van der Waals surface area contributed by atoms with Gasteiger partial charge in [-0.25, -0.2) is 0 Å². The average Bonchev–Trinajstić information content (AvgIpc) is 2.52. The molecule has 0 aromatic rings. The van der Waals surface area contributed by atoms with Gasteiger partial charge in [-0.15, -0.1) is 0 Å². The van der Waals surface area contributed by atoms with E-state index in [1.165, 1.54) is 45.6 Å². The molecule has 0 saturated carbocycles. The summed E-state index contributed by atoms with van der Waals surface area (Å²) < 4.78 is 0. The summed E-state index contributed by atoms with van der Waals surface area (Å²) in [6.07, 6.45) is 2.58. The molecule has 0 radical (unpaired) electrons. The van der Waals surface area contributed by atoms with Crippen molar-refractivity contribution in [1.29, 1.82) is 0 Å². The van der Waals surface area contributed by atoms with Gasteiger partial charge in [0.1, 0.15) is 0 Å². The van der Waals surface area contributed by atoms with Gasteiger partial charge >= 0.3 is 0 Å². The molecule has 128 valence electrons. The molecule has 1 atom stereocenters. The molecule has 2 rings (SSSR count). The highest BCUT2D eigenvalue weighted by Crippen LogP contribution is 2.15. The van der Waals surface area contributed by atoms with Gasteiger partial charge in [0.05, 0.1) is 0 Å². The Morgan fingerprint density at radius 1 is 1.14 bits per heavy atom. The van der Waals surface area contributed by atoms with Gasteiger partial charge in [0.25, 0.3) is 0 Å². The smallest absolute Gasteiger partial charge is 0.193 e. The second-order valence-electron chi connectivity index (χ2n) is 7.31. The van der Waals surface area contributed by atoms with Crippen LogP contribution in [0.5, 0.6) is 0 Å². The Labute approximate surface area is 136 Å². The lowest BCUT2D eigenvalue weighted by atomic mass is 9.99. The van der Waals surface area contributed by atoms with Crippen molar-refractivity contribution in [3.05, 3.63) is 0 Å². The van der Waals surface area contributed by atoms with Crippen molar-refractivity contribution in [2.24, 2.45) is 16.8 Å². The Morgan fingerprint density at radius 2 is 1.77 bits per heavy atom. The number of guanidine groups is 1. The molecule has 2 saturated heterocycles. The molecule has 0 amide bonds. The number of piperazine rings is 1. The zero-order valence-electron chi connectivity index (χ0n) is 15.0. The molecule has 2 aliphatic heterocycles. The lowest BCUT2D eigenvalue weighted by Gasteiger charge is -2.35. The highest BCUT2D eigenvalue weighted by Gasteiger charge is 2.20. The molecule has 0 spiro atoms. The Kier molecular flexibility index (Phi) is 6.96. The predicted octanol–water partition coefficient (Wildman–Crippen LogP) is 1.18. The number of hydrogen-bond acceptors (Lipinski definition) is 3. The minimum absolute atomic E-state index is 0.656. The Hall–Kier alpha value is -0.810. The van der Waals surface area contributed by atoms with E-state index in [-0.39, 0.29) is 0 Å². The largest absolute Gasteiger partial charge is 0.356 e. The molecule has 1 unspecified atom stereocenters. The molecule has 2 aliphatic rings. The maximum atomic E-state index is 4.48. The number of hydrogen-bond donors (Lipinski definition) is 1. The van der Waals surface area contributed by atoms with Crippen LogP contribution in [0, 0.1) is 11.8 Å². The molecule has 2 heterocycles. The quantitative estimate of drug-likeness (QED) is 0.625. The van der Waals surface area contributed by atoms with Crippen molar-refractivity contribution in [2.75, 3.05) is 66.5 Å². The fourth-order valence-electron chi connectivity index (χ4n) is 3.35. The minimum Gasteiger partial charge on any atom is -0.356 e. The maximum absolute atomic E-state index is 4.48. The minimum atomic E-state index is 0.656. The Balaban J connectivity index is 1.69. The summed E-state index contributed by atoms with van der Waals surface area (Å²) in [6.45, 7) is 14.0. The number of likely N-dealkylation sites (N-methyl/N-ethyl adjacent to an activating group) is 1. The van der Waals surface area contributed by atoms with Crippen molar-refractivity contribution in [2.45, 2.75) is 26.7 Å². The summed E-state index contributed by atoms with van der Waals surface area (Å²) in [7, 11) is 4.12. The van der Waals surface area contributed by atoms with Crippen LogP contribution in [0.1, 0.15) is 26.7 Å². The van der Waals surface area contributed by atoms with Crippen molar-refractivity contribution < 1.29 is 0 Å². The SMILES string of the molecule is CN=C(NCC(C)CN1CCN(C)CC1)N1CCC(C)CC1. The molecule has 0 aliphatic carbocycles. The first kappa shape index (κ1) is 17.5. The van der Waals surface area contributed by atoms with E-state index in [1.807, 2.05) is 7.05 Å². The zero-order chi connectivity index (χ0) is 15.9. The highest BCUT2D eigenvalue weighted by molar-refractivity contribution is 5.79. The van der Waals surface area contributed by atoms with Crippen LogP contribution in [0.2, 0.25) is 0 Å². The third kappa shape index (κ3) is 5.43. The van der Waals surface area contributed by atoms with Crippen LogP contribution in [0.4, 0.5) is 0 Å². The highest BCUT2D eigenvalue weighted by atomic mass is 15.3. The number of rotatable bonds is 4.